The van der Waals surface area contributed by atoms with Crippen LogP contribution in [0, 0.1) is 0 Å². The van der Waals surface area contributed by atoms with Crippen molar-refractivity contribution in [1.82, 2.24) is 31.2 Å². The van der Waals surface area contributed by atoms with Crippen LogP contribution in [-0.4, -0.2) is 103 Å². The molecule has 2 saturated heterocycles. The number of aromatic nitrogens is 1. The first kappa shape index (κ1) is 59.0. The quantitative estimate of drug-likeness (QED) is 0.0183. The van der Waals surface area contributed by atoms with Crippen molar-refractivity contribution in [1.29, 1.82) is 0 Å². The van der Waals surface area contributed by atoms with Gasteiger partial charge in [0, 0.05) is 37.9 Å². The number of pyridine rings is 1. The van der Waals surface area contributed by atoms with E-state index in [1.807, 2.05) is 109 Å². The molecule has 6 aromatic carbocycles. The molecule has 9 rings (SSSR count). The van der Waals surface area contributed by atoms with E-state index in [9.17, 15) is 37.2 Å². The van der Waals surface area contributed by atoms with Gasteiger partial charge in [0.05, 0.1) is 11.3 Å². The highest BCUT2D eigenvalue weighted by Gasteiger charge is 2.73. The standard InChI is InChI=1S/C65H64N6O12S/c1-63(2,50-30-26-45(27-31-50)43-18-10-6-11-19-43)82-61(76)69-37-36-67-56(72)49-34-35-66-52(40-49)41-53-57(73)71-55(59(74)81-54(47-22-14-8-15-23-47)48-24-16-9-17-25-48)65(5,84(78,79)58(53)71)42-80-60(75)68-38-39-70-62(77)83-64(3,4)51-32-28-46(29-33-51)44-20-12-7-13-21-44/h6-35,40-41,54-55,58H,36-39,42H2,1-5H3,(H,67,72)(H,68,75)(H,69,76)(H,70,77)/b53-41-/t55-,58?,65-/m0/s1. The molecular weight excluding hydrogens is 1090 g/mol. The highest BCUT2D eigenvalue weighted by atomic mass is 32.2. The topological polar surface area (TPSA) is 238 Å². The third-order valence-corrected chi connectivity index (χ3v) is 17.4. The summed E-state index contributed by atoms with van der Waals surface area (Å²) < 4.78 is 50.8. The molecule has 4 N–H and O–H groups in total. The molecule has 3 heterocycles. The van der Waals surface area contributed by atoms with E-state index in [0.29, 0.717) is 11.1 Å². The van der Waals surface area contributed by atoms with Gasteiger partial charge in [0.1, 0.15) is 22.6 Å². The van der Waals surface area contributed by atoms with E-state index in [1.54, 1.807) is 88.4 Å². The van der Waals surface area contributed by atoms with Gasteiger partial charge in [-0.1, -0.05) is 170 Å². The minimum atomic E-state index is -4.66. The Morgan fingerprint density at radius 3 is 1.50 bits per heavy atom. The summed E-state index contributed by atoms with van der Waals surface area (Å²) in [5.74, 6) is -2.46. The molecule has 0 saturated carbocycles. The molecule has 19 heteroatoms. The number of rotatable bonds is 20. The predicted molar refractivity (Wildman–Crippen MR) is 315 cm³/mol. The SMILES string of the molecule is CC(C)(OC(=O)NCCNC(=O)OC[C@@]1(C)[C@H](C(=O)OC(c2ccccc2)c2ccccc2)N2C(=O)/C(=C/c3cc(C(=O)NCCNC(=O)OC(C)(C)c4ccc(-c5ccccc5)cc4)ccn3)C2S1(=O)=O)c1ccc(-c2ccccc2)cc1. The number of hydrogen-bond donors (Lipinski definition) is 4. The number of carbonyl (C=O) groups excluding carboxylic acids is 6. The normalized spacial score (nSPS) is 17.5. The van der Waals surface area contributed by atoms with Crippen LogP contribution >= 0.6 is 0 Å². The zero-order valence-corrected chi connectivity index (χ0v) is 47.8. The van der Waals surface area contributed by atoms with Crippen molar-refractivity contribution in [2.24, 2.45) is 0 Å². The lowest BCUT2D eigenvalue weighted by molar-refractivity contribution is -0.161. The first-order chi connectivity index (χ1) is 40.3. The van der Waals surface area contributed by atoms with Crippen LogP contribution in [0.2, 0.25) is 0 Å². The molecule has 1 unspecified atom stereocenters. The fraction of sp³-hybridized carbons (Fsp3) is 0.246. The Balaban J connectivity index is 0.838. The number of sulfone groups is 1. The Kier molecular flexibility index (Phi) is 17.7. The highest BCUT2D eigenvalue weighted by Crippen LogP contribution is 2.50. The first-order valence-corrected chi connectivity index (χ1v) is 28.8. The van der Waals surface area contributed by atoms with Gasteiger partial charge < -0.3 is 45.1 Å². The van der Waals surface area contributed by atoms with Crippen molar-refractivity contribution in [2.45, 2.75) is 68.1 Å². The Morgan fingerprint density at radius 1 is 0.595 bits per heavy atom. The molecule has 0 spiro atoms. The van der Waals surface area contributed by atoms with E-state index in [1.165, 1.54) is 31.3 Å². The number of esters is 1. The van der Waals surface area contributed by atoms with E-state index >= 15 is 0 Å². The van der Waals surface area contributed by atoms with E-state index in [4.69, 9.17) is 18.9 Å². The number of hydrogen-bond acceptors (Lipinski definition) is 13. The minimum Gasteiger partial charge on any atom is -0.451 e. The smallest absolute Gasteiger partial charge is 0.408 e. The summed E-state index contributed by atoms with van der Waals surface area (Å²) >= 11 is 0. The molecule has 84 heavy (non-hydrogen) atoms. The number of fused-ring (bicyclic) bond motifs is 1. The van der Waals surface area contributed by atoms with Crippen molar-refractivity contribution in [3.8, 4) is 22.3 Å². The van der Waals surface area contributed by atoms with Crippen LogP contribution in [-0.2, 0) is 49.6 Å². The maximum absolute atomic E-state index is 14.9. The van der Waals surface area contributed by atoms with Gasteiger partial charge in [-0.3, -0.25) is 14.6 Å². The van der Waals surface area contributed by atoms with Crippen molar-refractivity contribution >= 4 is 52.0 Å². The van der Waals surface area contributed by atoms with Crippen molar-refractivity contribution in [3.05, 3.63) is 227 Å². The number of nitrogens with zero attached hydrogens (tertiary/aromatic N) is 2. The van der Waals surface area contributed by atoms with Gasteiger partial charge in [-0.05, 0) is 97.3 Å². The van der Waals surface area contributed by atoms with Crippen LogP contribution in [0.15, 0.2) is 194 Å². The van der Waals surface area contributed by atoms with Crippen LogP contribution < -0.4 is 21.3 Å². The molecule has 18 nitrogen and oxygen atoms in total. The molecule has 2 fully saturated rings. The summed E-state index contributed by atoms with van der Waals surface area (Å²) in [6, 6.07) is 53.6. The summed E-state index contributed by atoms with van der Waals surface area (Å²) in [5, 5.41) is 8.73. The molecule has 432 valence electrons. The largest absolute Gasteiger partial charge is 0.451 e. The molecule has 0 bridgehead atoms. The Labute approximate surface area is 487 Å². The van der Waals surface area contributed by atoms with Gasteiger partial charge in [-0.2, -0.15) is 0 Å². The molecule has 3 atom stereocenters. The van der Waals surface area contributed by atoms with Crippen LogP contribution in [0.25, 0.3) is 28.3 Å². The summed E-state index contributed by atoms with van der Waals surface area (Å²) in [5.41, 5.74) is 4.69. The molecule has 7 aromatic rings. The number of nitrogens with one attached hydrogen (secondary N) is 4. The monoisotopic (exact) mass is 1150 g/mol. The predicted octanol–water partition coefficient (Wildman–Crippen LogP) is 9.63. The zero-order chi connectivity index (χ0) is 59.7. The number of amides is 5. The fourth-order valence-corrected chi connectivity index (χ4v) is 12.3. The van der Waals surface area contributed by atoms with Gasteiger partial charge in [-0.15, -0.1) is 0 Å². The number of carbonyl (C=O) groups is 6. The molecule has 2 aliphatic heterocycles. The fourth-order valence-electron chi connectivity index (χ4n) is 10.0. The molecule has 0 radical (unpaired) electrons. The third kappa shape index (κ3) is 13.2. The third-order valence-electron chi connectivity index (χ3n) is 14.7. The second-order valence-corrected chi connectivity index (χ2v) is 23.8. The van der Waals surface area contributed by atoms with Gasteiger partial charge in [-0.25, -0.2) is 27.6 Å². The average Bonchev–Trinajstić information content (AvgIpc) is 1.52. The van der Waals surface area contributed by atoms with Crippen molar-refractivity contribution < 1.29 is 56.1 Å². The van der Waals surface area contributed by atoms with E-state index in [2.05, 4.69) is 26.3 Å². The van der Waals surface area contributed by atoms with Crippen LogP contribution in [0.4, 0.5) is 14.4 Å². The first-order valence-electron chi connectivity index (χ1n) is 27.2. The van der Waals surface area contributed by atoms with Crippen LogP contribution in [0.1, 0.15) is 79.0 Å². The van der Waals surface area contributed by atoms with Gasteiger partial charge >= 0.3 is 24.2 Å². The van der Waals surface area contributed by atoms with E-state index in [-0.39, 0.29) is 43.0 Å². The summed E-state index contributed by atoms with van der Waals surface area (Å²) in [6.07, 6.45) is -1.02. The van der Waals surface area contributed by atoms with E-state index in [0.717, 1.165) is 38.3 Å². The van der Waals surface area contributed by atoms with E-state index < -0.39 is 86.0 Å². The maximum Gasteiger partial charge on any atom is 0.408 e. The summed E-state index contributed by atoms with van der Waals surface area (Å²) in [7, 11) is -4.66. The van der Waals surface area contributed by atoms with Gasteiger partial charge in [0.2, 0.25) is 0 Å². The Bertz CT molecular complexity index is 3620. The zero-order valence-electron chi connectivity index (χ0n) is 46.9. The highest BCUT2D eigenvalue weighted by molar-refractivity contribution is 7.94. The molecule has 2 aliphatic rings. The lowest BCUT2D eigenvalue weighted by atomic mass is 9.93. The number of ether oxygens (including phenoxy) is 4. The second kappa shape index (κ2) is 25.3. The average molecular weight is 1150 g/mol. The van der Waals surface area contributed by atoms with Crippen molar-refractivity contribution in [2.75, 3.05) is 32.8 Å². The summed E-state index contributed by atoms with van der Waals surface area (Å²) in [6.45, 7) is 7.11. The second-order valence-electron chi connectivity index (χ2n) is 21.3. The lowest BCUT2D eigenvalue weighted by Crippen LogP contribution is -2.60. The van der Waals surface area contributed by atoms with Gasteiger partial charge in [0.25, 0.3) is 11.8 Å². The summed E-state index contributed by atoms with van der Waals surface area (Å²) in [4.78, 5) is 86.7. The molecule has 1 aromatic heterocycles. The van der Waals surface area contributed by atoms with Crippen LogP contribution in [0.5, 0.6) is 0 Å². The number of alkyl carbamates (subject to hydrolysis) is 3. The molecular formula is C65H64N6O12S. The minimum absolute atomic E-state index is 0.00837. The van der Waals surface area contributed by atoms with Gasteiger partial charge in [0.15, 0.2) is 27.4 Å². The number of benzene rings is 6. The maximum atomic E-state index is 14.9. The Hall–Kier alpha value is -9.62. The van der Waals surface area contributed by atoms with Crippen LogP contribution in [0.3, 0.4) is 0 Å². The van der Waals surface area contributed by atoms with Crippen molar-refractivity contribution in [3.63, 3.8) is 0 Å². The Morgan fingerprint density at radius 2 is 1.02 bits per heavy atom. The number of β-lactam (4-membered cyclic amide) rings is 1. The molecule has 5 amide bonds. The molecule has 0 aliphatic carbocycles. The lowest BCUT2D eigenvalue weighted by Gasteiger charge is -2.39.